The topological polar surface area (TPSA) is 36.4 Å². The van der Waals surface area contributed by atoms with Gasteiger partial charge in [0.2, 0.25) is 0 Å². The lowest BCUT2D eigenvalue weighted by molar-refractivity contribution is 0.203. The molecule has 1 unspecified atom stereocenters. The van der Waals surface area contributed by atoms with Crippen molar-refractivity contribution in [3.8, 4) is 0 Å². The lowest BCUT2D eigenvalue weighted by Gasteiger charge is -2.26. The molecule has 1 atom stereocenters. The van der Waals surface area contributed by atoms with Crippen LogP contribution in [0, 0.1) is 5.41 Å². The van der Waals surface area contributed by atoms with Crippen molar-refractivity contribution in [3.05, 3.63) is 11.1 Å². The number of hydrogen-bond donors (Lipinski definition) is 1. The molecule has 0 aliphatic carbocycles. The Morgan fingerprint density at radius 3 is 2.53 bits per heavy atom. The monoisotopic (exact) mass is 228 g/mol. The van der Waals surface area contributed by atoms with E-state index in [4.69, 9.17) is 0 Å². The molecule has 0 fully saturated rings. The summed E-state index contributed by atoms with van der Waals surface area (Å²) in [5.41, 5.74) is 0.255. The van der Waals surface area contributed by atoms with Gasteiger partial charge in [-0.15, -0.1) is 0 Å². The molecule has 0 aliphatic heterocycles. The highest BCUT2D eigenvalue weighted by molar-refractivity contribution is 7.15. The third kappa shape index (κ3) is 3.80. The summed E-state index contributed by atoms with van der Waals surface area (Å²) in [7, 11) is 2.04. The summed E-state index contributed by atoms with van der Waals surface area (Å²) in [4.78, 5) is 7.36. The molecule has 0 saturated heterocycles. The number of thiazole rings is 1. The van der Waals surface area contributed by atoms with Crippen molar-refractivity contribution in [2.75, 3.05) is 18.5 Å². The molecule has 1 N–H and O–H groups in total. The van der Waals surface area contributed by atoms with E-state index in [1.165, 1.54) is 0 Å². The van der Waals surface area contributed by atoms with E-state index in [1.54, 1.807) is 24.5 Å². The average molecular weight is 228 g/mol. The lowest BCUT2D eigenvalue weighted by Crippen LogP contribution is -2.28. The van der Waals surface area contributed by atoms with Crippen LogP contribution < -0.4 is 4.90 Å². The van der Waals surface area contributed by atoms with Gasteiger partial charge in [0.15, 0.2) is 5.13 Å². The van der Waals surface area contributed by atoms with Gasteiger partial charge in [-0.2, -0.15) is 0 Å². The Morgan fingerprint density at radius 2 is 2.13 bits per heavy atom. The fourth-order valence-electron chi connectivity index (χ4n) is 1.43. The van der Waals surface area contributed by atoms with Crippen LogP contribution in [-0.4, -0.2) is 23.7 Å². The Balaban J connectivity index is 2.70. The van der Waals surface area contributed by atoms with Crippen molar-refractivity contribution in [2.45, 2.75) is 33.8 Å². The van der Waals surface area contributed by atoms with Crippen LogP contribution in [0.1, 0.15) is 38.7 Å². The third-order valence-corrected chi connectivity index (χ3v) is 3.24. The Bertz CT molecular complexity index is 315. The van der Waals surface area contributed by atoms with Gasteiger partial charge in [-0.05, 0) is 12.3 Å². The molecule has 4 heteroatoms. The van der Waals surface area contributed by atoms with E-state index in [1.807, 2.05) is 7.05 Å². The normalized spacial score (nSPS) is 14.0. The van der Waals surface area contributed by atoms with E-state index in [2.05, 4.69) is 30.7 Å². The maximum atomic E-state index is 9.40. The number of aliphatic hydroxyl groups is 1. The molecular weight excluding hydrogens is 208 g/mol. The number of nitrogens with zero attached hydrogens (tertiary/aromatic N) is 2. The van der Waals surface area contributed by atoms with Gasteiger partial charge in [-0.25, -0.2) is 4.98 Å². The number of aliphatic hydroxyl groups excluding tert-OH is 1. The van der Waals surface area contributed by atoms with E-state index in [0.717, 1.165) is 16.6 Å². The smallest absolute Gasteiger partial charge is 0.185 e. The number of hydrogen-bond acceptors (Lipinski definition) is 4. The summed E-state index contributed by atoms with van der Waals surface area (Å²) >= 11 is 1.55. The summed E-state index contributed by atoms with van der Waals surface area (Å²) in [6, 6.07) is 0. The minimum absolute atomic E-state index is 0.255. The van der Waals surface area contributed by atoms with Crippen molar-refractivity contribution in [1.82, 2.24) is 4.98 Å². The van der Waals surface area contributed by atoms with Crippen LogP contribution in [0.4, 0.5) is 5.13 Å². The minimum Gasteiger partial charge on any atom is -0.388 e. The molecule has 1 aromatic heterocycles. The number of anilines is 1. The predicted molar refractivity (Wildman–Crippen MR) is 65.5 cm³/mol. The van der Waals surface area contributed by atoms with Gasteiger partial charge in [0, 0.05) is 19.8 Å². The van der Waals surface area contributed by atoms with Crippen molar-refractivity contribution < 1.29 is 5.11 Å². The third-order valence-electron chi connectivity index (χ3n) is 1.96. The van der Waals surface area contributed by atoms with Gasteiger partial charge >= 0.3 is 0 Å². The zero-order valence-electron chi connectivity index (χ0n) is 10.1. The van der Waals surface area contributed by atoms with E-state index >= 15 is 0 Å². The van der Waals surface area contributed by atoms with Crippen molar-refractivity contribution >= 4 is 16.5 Å². The maximum absolute atomic E-state index is 9.40. The molecule has 3 nitrogen and oxygen atoms in total. The van der Waals surface area contributed by atoms with Crippen molar-refractivity contribution in [1.29, 1.82) is 0 Å². The Morgan fingerprint density at radius 1 is 1.53 bits per heavy atom. The van der Waals surface area contributed by atoms with E-state index in [9.17, 15) is 5.11 Å². The first-order valence-corrected chi connectivity index (χ1v) is 5.96. The van der Waals surface area contributed by atoms with Gasteiger partial charge in [0.05, 0.1) is 11.0 Å². The fourth-order valence-corrected chi connectivity index (χ4v) is 2.24. The van der Waals surface area contributed by atoms with Gasteiger partial charge in [-0.3, -0.25) is 0 Å². The molecule has 1 aromatic rings. The lowest BCUT2D eigenvalue weighted by atomic mass is 9.96. The van der Waals surface area contributed by atoms with E-state index < -0.39 is 6.10 Å². The molecule has 86 valence electrons. The van der Waals surface area contributed by atoms with Crippen LogP contribution in [0.5, 0.6) is 0 Å². The summed E-state index contributed by atoms with van der Waals surface area (Å²) in [5, 5.41) is 10.4. The quantitative estimate of drug-likeness (QED) is 0.864. The molecule has 1 heterocycles. The number of aromatic nitrogens is 1. The predicted octanol–water partition coefficient (Wildman–Crippen LogP) is 2.68. The molecule has 0 spiro atoms. The zero-order valence-corrected chi connectivity index (χ0v) is 10.9. The van der Waals surface area contributed by atoms with Crippen molar-refractivity contribution in [2.24, 2.45) is 5.41 Å². The standard InChI is InChI=1S/C11H20N2OS/c1-8(14)9-6-12-10(15-9)13(5)7-11(2,3)4/h6,8,14H,7H2,1-5H3. The van der Waals surface area contributed by atoms with Crippen LogP contribution in [0.2, 0.25) is 0 Å². The number of rotatable bonds is 3. The second-order valence-electron chi connectivity index (χ2n) is 5.14. The van der Waals surface area contributed by atoms with Crippen LogP contribution in [0.15, 0.2) is 6.20 Å². The average Bonchev–Trinajstić information content (AvgIpc) is 2.47. The van der Waals surface area contributed by atoms with Gasteiger partial charge < -0.3 is 10.0 Å². The minimum atomic E-state index is -0.417. The summed E-state index contributed by atoms with van der Waals surface area (Å²) in [5.74, 6) is 0. The van der Waals surface area contributed by atoms with Gasteiger partial charge in [0.1, 0.15) is 0 Å². The molecule has 0 aromatic carbocycles. The first kappa shape index (κ1) is 12.5. The van der Waals surface area contributed by atoms with Crippen LogP contribution in [0.25, 0.3) is 0 Å². The molecular formula is C11H20N2OS. The summed E-state index contributed by atoms with van der Waals surface area (Å²) in [6.07, 6.45) is 1.34. The molecule has 1 rings (SSSR count). The van der Waals surface area contributed by atoms with E-state index in [0.29, 0.717) is 0 Å². The second kappa shape index (κ2) is 4.49. The molecule has 15 heavy (non-hydrogen) atoms. The highest BCUT2D eigenvalue weighted by Crippen LogP contribution is 2.28. The maximum Gasteiger partial charge on any atom is 0.185 e. The van der Waals surface area contributed by atoms with Gasteiger partial charge in [0.25, 0.3) is 0 Å². The molecule has 0 amide bonds. The molecule has 0 saturated carbocycles. The van der Waals surface area contributed by atoms with Crippen LogP contribution in [0.3, 0.4) is 0 Å². The molecule has 0 bridgehead atoms. The summed E-state index contributed by atoms with van der Waals surface area (Å²) < 4.78 is 0. The fraction of sp³-hybridized carbons (Fsp3) is 0.727. The highest BCUT2D eigenvalue weighted by Gasteiger charge is 2.16. The van der Waals surface area contributed by atoms with Crippen LogP contribution in [-0.2, 0) is 0 Å². The highest BCUT2D eigenvalue weighted by atomic mass is 32.1. The molecule has 0 radical (unpaired) electrons. The van der Waals surface area contributed by atoms with Gasteiger partial charge in [-0.1, -0.05) is 32.1 Å². The first-order valence-electron chi connectivity index (χ1n) is 5.14. The van der Waals surface area contributed by atoms with Crippen LogP contribution >= 0.6 is 11.3 Å². The Kier molecular flexibility index (Phi) is 3.73. The Labute approximate surface area is 95.8 Å². The zero-order chi connectivity index (χ0) is 11.6. The summed E-state index contributed by atoms with van der Waals surface area (Å²) in [6.45, 7) is 9.33. The largest absolute Gasteiger partial charge is 0.388 e. The first-order chi connectivity index (χ1) is 6.79. The second-order valence-corrected chi connectivity index (χ2v) is 6.18. The van der Waals surface area contributed by atoms with Crippen molar-refractivity contribution in [3.63, 3.8) is 0 Å². The van der Waals surface area contributed by atoms with E-state index in [-0.39, 0.29) is 5.41 Å². The molecule has 0 aliphatic rings. The SMILES string of the molecule is CC(O)c1cnc(N(C)CC(C)(C)C)s1. The Hall–Kier alpha value is -0.610.